The Labute approximate surface area is 212 Å². The molecule has 1 aromatic carbocycles. The van der Waals surface area contributed by atoms with Crippen molar-refractivity contribution in [1.82, 2.24) is 20.3 Å². The molecule has 6 N–H and O–H groups in total. The van der Waals surface area contributed by atoms with Crippen molar-refractivity contribution in [1.29, 1.82) is 0 Å². The summed E-state index contributed by atoms with van der Waals surface area (Å²) >= 11 is 0. The Bertz CT molecular complexity index is 953. The van der Waals surface area contributed by atoms with Crippen LogP contribution in [-0.2, 0) is 9.47 Å². The quantitative estimate of drug-likeness (QED) is 0.173. The Morgan fingerprint density at radius 1 is 1.03 bits per heavy atom. The lowest BCUT2D eigenvalue weighted by Crippen LogP contribution is -2.27. The van der Waals surface area contributed by atoms with E-state index < -0.39 is 0 Å². The predicted octanol–water partition coefficient (Wildman–Crippen LogP) is 2.68. The fraction of sp³-hybridized carbons (Fsp3) is 0.520. The monoisotopic (exact) mass is 498 g/mol. The molecule has 0 unspecified atom stereocenters. The summed E-state index contributed by atoms with van der Waals surface area (Å²) in [5, 5.41) is 12.6. The minimum atomic E-state index is -0.190. The van der Waals surface area contributed by atoms with Gasteiger partial charge in [-0.1, -0.05) is 31.4 Å². The van der Waals surface area contributed by atoms with E-state index in [1.54, 1.807) is 18.2 Å². The van der Waals surface area contributed by atoms with Crippen molar-refractivity contribution in [2.75, 3.05) is 62.0 Å². The highest BCUT2D eigenvalue weighted by atomic mass is 16.5. The normalized spacial score (nSPS) is 13.7. The molecule has 1 heterocycles. The van der Waals surface area contributed by atoms with E-state index in [0.29, 0.717) is 81.2 Å². The van der Waals surface area contributed by atoms with Gasteiger partial charge in [-0.05, 0) is 31.0 Å². The second kappa shape index (κ2) is 15.7. The molecule has 0 spiro atoms. The van der Waals surface area contributed by atoms with Crippen LogP contribution >= 0.6 is 0 Å². The smallest absolute Gasteiger partial charge is 0.251 e. The predicted molar refractivity (Wildman–Crippen MR) is 142 cm³/mol. The van der Waals surface area contributed by atoms with Crippen LogP contribution in [0.1, 0.15) is 42.5 Å². The molecule has 196 valence electrons. The molecule has 2 aromatic rings. The fourth-order valence-corrected chi connectivity index (χ4v) is 3.78. The zero-order chi connectivity index (χ0) is 25.4. The van der Waals surface area contributed by atoms with Crippen molar-refractivity contribution in [2.24, 2.45) is 5.73 Å². The molecular weight excluding hydrogens is 460 g/mol. The first-order valence-electron chi connectivity index (χ1n) is 12.6. The molecule has 11 heteroatoms. The van der Waals surface area contributed by atoms with Gasteiger partial charge in [-0.25, -0.2) is 0 Å². The summed E-state index contributed by atoms with van der Waals surface area (Å²) in [7, 11) is 0. The van der Waals surface area contributed by atoms with Gasteiger partial charge >= 0.3 is 0 Å². The highest BCUT2D eigenvalue weighted by molar-refractivity contribution is 5.95. The first-order valence-corrected chi connectivity index (χ1v) is 12.6. The maximum Gasteiger partial charge on any atom is 0.251 e. The van der Waals surface area contributed by atoms with Gasteiger partial charge < -0.3 is 36.5 Å². The standard InChI is InChI=1S/C25H38N8O3/c1-2-12-28-23-31-24(29-20-8-4-3-5-9-20)33-25(32-23)30-21-10-6-7-19(18-21)22(34)27-13-15-36-17-16-35-14-11-26/h2,6-7,10,18,20H,1,3-5,8-9,11-17,26H2,(H,27,34)(H3,28,29,30,31,32,33). The molecule has 0 atom stereocenters. The maximum absolute atomic E-state index is 12.6. The third-order valence-corrected chi connectivity index (χ3v) is 5.53. The highest BCUT2D eigenvalue weighted by Gasteiger charge is 2.16. The van der Waals surface area contributed by atoms with E-state index in [1.807, 2.05) is 12.1 Å². The van der Waals surface area contributed by atoms with Crippen LogP contribution in [0.4, 0.5) is 23.5 Å². The maximum atomic E-state index is 12.6. The summed E-state index contributed by atoms with van der Waals surface area (Å²) in [6, 6.07) is 7.53. The molecule has 11 nitrogen and oxygen atoms in total. The molecule has 0 radical (unpaired) electrons. The summed E-state index contributed by atoms with van der Waals surface area (Å²) in [4.78, 5) is 26.1. The van der Waals surface area contributed by atoms with Crippen molar-refractivity contribution < 1.29 is 14.3 Å². The third-order valence-electron chi connectivity index (χ3n) is 5.53. The van der Waals surface area contributed by atoms with Gasteiger partial charge in [-0.15, -0.1) is 6.58 Å². The van der Waals surface area contributed by atoms with Crippen molar-refractivity contribution in [3.63, 3.8) is 0 Å². The largest absolute Gasteiger partial charge is 0.378 e. The number of carbonyl (C=O) groups is 1. The molecule has 1 fully saturated rings. The summed E-state index contributed by atoms with van der Waals surface area (Å²) in [6.45, 7) is 7.02. The van der Waals surface area contributed by atoms with E-state index in [2.05, 4.69) is 42.8 Å². The minimum absolute atomic E-state index is 0.190. The lowest BCUT2D eigenvalue weighted by atomic mass is 9.96. The summed E-state index contributed by atoms with van der Waals surface area (Å²) in [5.41, 5.74) is 6.58. The molecule has 36 heavy (non-hydrogen) atoms. The van der Waals surface area contributed by atoms with E-state index in [4.69, 9.17) is 15.2 Å². The number of ether oxygens (including phenoxy) is 2. The van der Waals surface area contributed by atoms with Gasteiger partial charge in [0.1, 0.15) is 0 Å². The summed E-state index contributed by atoms with van der Waals surface area (Å²) in [5.74, 6) is 1.17. The molecule has 1 aliphatic carbocycles. The third kappa shape index (κ3) is 9.76. The average Bonchev–Trinajstić information content (AvgIpc) is 2.89. The first-order chi connectivity index (χ1) is 17.7. The van der Waals surface area contributed by atoms with Gasteiger partial charge in [0.15, 0.2) is 0 Å². The Balaban J connectivity index is 1.57. The highest BCUT2D eigenvalue weighted by Crippen LogP contribution is 2.22. The number of anilines is 4. The van der Waals surface area contributed by atoms with Crippen LogP contribution in [-0.4, -0.2) is 73.0 Å². The molecule has 1 amide bonds. The number of hydrogen-bond donors (Lipinski definition) is 5. The number of hydrogen-bond acceptors (Lipinski definition) is 10. The number of rotatable bonds is 16. The molecule has 3 rings (SSSR count). The first kappa shape index (κ1) is 27.3. The second-order valence-electron chi connectivity index (χ2n) is 8.43. The molecule has 1 aliphatic rings. The van der Waals surface area contributed by atoms with Crippen molar-refractivity contribution in [3.05, 3.63) is 42.5 Å². The number of aromatic nitrogens is 3. The fourth-order valence-electron chi connectivity index (χ4n) is 3.78. The summed E-state index contributed by atoms with van der Waals surface area (Å²) in [6.07, 6.45) is 7.64. The van der Waals surface area contributed by atoms with E-state index in [9.17, 15) is 4.79 Å². The van der Waals surface area contributed by atoms with Gasteiger partial charge in [0, 0.05) is 36.9 Å². The topological polar surface area (TPSA) is 148 Å². The second-order valence-corrected chi connectivity index (χ2v) is 8.43. The van der Waals surface area contributed by atoms with Gasteiger partial charge in [0.25, 0.3) is 5.91 Å². The number of nitrogens with one attached hydrogen (secondary N) is 4. The number of amides is 1. The summed E-state index contributed by atoms with van der Waals surface area (Å²) < 4.78 is 10.7. The molecule has 0 saturated heterocycles. The Morgan fingerprint density at radius 3 is 2.56 bits per heavy atom. The van der Waals surface area contributed by atoms with E-state index in [0.717, 1.165) is 12.8 Å². The van der Waals surface area contributed by atoms with Crippen LogP contribution in [0.3, 0.4) is 0 Å². The number of nitrogens with two attached hydrogens (primary N) is 1. The van der Waals surface area contributed by atoms with Crippen LogP contribution in [0, 0.1) is 0 Å². The lowest BCUT2D eigenvalue weighted by molar-refractivity contribution is 0.0511. The van der Waals surface area contributed by atoms with Crippen LogP contribution in [0.15, 0.2) is 36.9 Å². The van der Waals surface area contributed by atoms with Gasteiger partial charge in [0.05, 0.1) is 26.4 Å². The van der Waals surface area contributed by atoms with Crippen molar-refractivity contribution >= 4 is 29.4 Å². The molecule has 1 aromatic heterocycles. The van der Waals surface area contributed by atoms with E-state index >= 15 is 0 Å². The molecule has 1 saturated carbocycles. The SMILES string of the molecule is C=CCNc1nc(Nc2cccc(C(=O)NCCOCCOCCN)c2)nc(NC2CCCCC2)n1. The van der Waals surface area contributed by atoms with Gasteiger partial charge in [-0.2, -0.15) is 15.0 Å². The van der Waals surface area contributed by atoms with Gasteiger partial charge in [0.2, 0.25) is 17.8 Å². The van der Waals surface area contributed by atoms with Crippen LogP contribution in [0.5, 0.6) is 0 Å². The molecule has 0 aliphatic heterocycles. The molecule has 0 bridgehead atoms. The Hall–Kier alpha value is -3.28. The minimum Gasteiger partial charge on any atom is -0.378 e. The number of carbonyl (C=O) groups excluding carboxylic acids is 1. The number of nitrogens with zero attached hydrogens (tertiary/aromatic N) is 3. The number of benzene rings is 1. The van der Waals surface area contributed by atoms with Crippen molar-refractivity contribution in [2.45, 2.75) is 38.1 Å². The van der Waals surface area contributed by atoms with E-state index in [1.165, 1.54) is 19.3 Å². The molecular formula is C25H38N8O3. The van der Waals surface area contributed by atoms with Gasteiger partial charge in [-0.3, -0.25) is 4.79 Å². The zero-order valence-electron chi connectivity index (χ0n) is 20.8. The Morgan fingerprint density at radius 2 is 1.78 bits per heavy atom. The van der Waals surface area contributed by atoms with Crippen LogP contribution in [0.2, 0.25) is 0 Å². The lowest BCUT2D eigenvalue weighted by Gasteiger charge is -2.23. The Kier molecular flexibility index (Phi) is 11.9. The van der Waals surface area contributed by atoms with Crippen molar-refractivity contribution in [3.8, 4) is 0 Å². The zero-order valence-corrected chi connectivity index (χ0v) is 20.8. The van der Waals surface area contributed by atoms with Crippen LogP contribution in [0.25, 0.3) is 0 Å². The average molecular weight is 499 g/mol. The van der Waals surface area contributed by atoms with E-state index in [-0.39, 0.29) is 5.91 Å². The van der Waals surface area contributed by atoms with Crippen LogP contribution < -0.4 is 27.0 Å².